The molecule has 0 spiro atoms. The molecule has 2 aromatic rings. The van der Waals surface area contributed by atoms with Gasteiger partial charge in [-0.2, -0.15) is 5.26 Å². The minimum atomic E-state index is -0.458. The Hall–Kier alpha value is -3.07. The fraction of sp³-hybridized carbons (Fsp3) is 0.278. The Kier molecular flexibility index (Phi) is 5.74. The van der Waals surface area contributed by atoms with E-state index in [9.17, 15) is 10.1 Å². The molecule has 1 heterocycles. The zero-order valence-corrected chi connectivity index (χ0v) is 14.0. The zero-order chi connectivity index (χ0) is 17.5. The molecule has 24 heavy (non-hydrogen) atoms. The van der Waals surface area contributed by atoms with Gasteiger partial charge in [0.2, 0.25) is 0 Å². The normalized spacial score (nSPS) is 11.0. The minimum absolute atomic E-state index is 0.0383. The summed E-state index contributed by atoms with van der Waals surface area (Å²) in [6.45, 7) is 5.81. The Labute approximate surface area is 141 Å². The number of amides is 1. The number of carbonyl (C=O) groups is 1. The van der Waals surface area contributed by atoms with E-state index >= 15 is 0 Å². The second kappa shape index (κ2) is 7.97. The molecule has 6 nitrogen and oxygen atoms in total. The van der Waals surface area contributed by atoms with Crippen molar-refractivity contribution < 1.29 is 9.32 Å². The van der Waals surface area contributed by atoms with Crippen molar-refractivity contribution in [1.29, 1.82) is 5.26 Å². The summed E-state index contributed by atoms with van der Waals surface area (Å²) in [5, 5.41) is 18.6. The summed E-state index contributed by atoms with van der Waals surface area (Å²) in [6.07, 6.45) is 2.92. The maximum absolute atomic E-state index is 12.4. The number of rotatable bonds is 6. The smallest absolute Gasteiger partial charge is 0.267 e. The highest BCUT2D eigenvalue weighted by Gasteiger charge is 2.14. The van der Waals surface area contributed by atoms with Crippen LogP contribution < -0.4 is 10.6 Å². The molecule has 124 valence electrons. The lowest BCUT2D eigenvalue weighted by Gasteiger charge is -2.14. The summed E-state index contributed by atoms with van der Waals surface area (Å²) in [6, 6.07) is 9.50. The third kappa shape index (κ3) is 4.02. The average Bonchev–Trinajstić information content (AvgIpc) is 3.01. The highest BCUT2D eigenvalue weighted by Crippen LogP contribution is 2.23. The number of para-hydroxylation sites is 1. The van der Waals surface area contributed by atoms with E-state index in [1.54, 1.807) is 13.0 Å². The first-order chi connectivity index (χ1) is 11.6. The van der Waals surface area contributed by atoms with E-state index in [4.69, 9.17) is 4.52 Å². The number of nitrogens with zero attached hydrogens (tertiary/aromatic N) is 2. The van der Waals surface area contributed by atoms with Crippen molar-refractivity contribution in [2.45, 2.75) is 33.6 Å². The van der Waals surface area contributed by atoms with Crippen LogP contribution in [-0.4, -0.2) is 11.1 Å². The van der Waals surface area contributed by atoms with Crippen LogP contribution in [0, 0.1) is 18.3 Å². The third-order valence-electron chi connectivity index (χ3n) is 3.59. The highest BCUT2D eigenvalue weighted by molar-refractivity contribution is 6.07. The summed E-state index contributed by atoms with van der Waals surface area (Å²) < 4.78 is 4.92. The van der Waals surface area contributed by atoms with Crippen molar-refractivity contribution in [1.82, 2.24) is 5.16 Å². The van der Waals surface area contributed by atoms with E-state index in [-0.39, 0.29) is 5.57 Å². The van der Waals surface area contributed by atoms with Crippen LogP contribution in [0.1, 0.15) is 30.7 Å². The molecule has 0 saturated carbocycles. The molecule has 1 amide bonds. The lowest BCUT2D eigenvalue weighted by Crippen LogP contribution is -2.17. The first-order valence-corrected chi connectivity index (χ1v) is 7.81. The monoisotopic (exact) mass is 324 g/mol. The number of nitrogens with one attached hydrogen (secondary N) is 2. The van der Waals surface area contributed by atoms with Crippen LogP contribution in [0.15, 0.2) is 40.6 Å². The average molecular weight is 324 g/mol. The Morgan fingerprint density at radius 2 is 2.00 bits per heavy atom. The van der Waals surface area contributed by atoms with Gasteiger partial charge in [-0.25, -0.2) is 0 Å². The van der Waals surface area contributed by atoms with Crippen molar-refractivity contribution in [3.8, 4) is 6.07 Å². The second-order valence-electron chi connectivity index (χ2n) is 5.25. The van der Waals surface area contributed by atoms with E-state index in [1.807, 2.05) is 38.1 Å². The van der Waals surface area contributed by atoms with Gasteiger partial charge in [0, 0.05) is 18.0 Å². The highest BCUT2D eigenvalue weighted by atomic mass is 16.5. The maximum atomic E-state index is 12.4. The van der Waals surface area contributed by atoms with Crippen LogP contribution in [0.2, 0.25) is 0 Å². The fourth-order valence-electron chi connectivity index (χ4n) is 2.31. The Balaban J connectivity index is 2.20. The fourth-order valence-corrected chi connectivity index (χ4v) is 2.31. The minimum Gasteiger partial charge on any atom is -0.360 e. The molecule has 0 unspecified atom stereocenters. The molecule has 0 aliphatic carbocycles. The van der Waals surface area contributed by atoms with Gasteiger partial charge in [-0.15, -0.1) is 0 Å². The number of nitriles is 1. The van der Waals surface area contributed by atoms with Gasteiger partial charge >= 0.3 is 0 Å². The molecule has 0 atom stereocenters. The summed E-state index contributed by atoms with van der Waals surface area (Å²) in [5.41, 5.74) is 2.83. The number of aromatic nitrogens is 1. The van der Waals surface area contributed by atoms with Crippen LogP contribution in [0.3, 0.4) is 0 Å². The Morgan fingerprint density at radius 3 is 2.50 bits per heavy atom. The van der Waals surface area contributed by atoms with Gasteiger partial charge in [0.1, 0.15) is 17.4 Å². The topological polar surface area (TPSA) is 91.0 Å². The molecule has 0 fully saturated rings. The van der Waals surface area contributed by atoms with Gasteiger partial charge in [0.15, 0.2) is 5.82 Å². The first kappa shape index (κ1) is 17.3. The first-order valence-electron chi connectivity index (χ1n) is 7.81. The molecule has 2 N–H and O–H groups in total. The van der Waals surface area contributed by atoms with Crippen molar-refractivity contribution in [2.24, 2.45) is 0 Å². The van der Waals surface area contributed by atoms with Gasteiger partial charge in [0.05, 0.1) is 0 Å². The molecular weight excluding hydrogens is 304 g/mol. The predicted octanol–water partition coefficient (Wildman–Crippen LogP) is 3.57. The van der Waals surface area contributed by atoms with Crippen LogP contribution in [0.5, 0.6) is 0 Å². The number of anilines is 2. The molecule has 0 aliphatic heterocycles. The largest absolute Gasteiger partial charge is 0.360 e. The SMILES string of the molecule is CCc1cccc(CC)c1NC(=O)/C(C#N)=C\Nc1cc(C)on1. The standard InChI is InChI=1S/C18H20N4O2/c1-4-13-7-6-8-14(5-2)17(13)21-18(23)15(10-19)11-20-16-9-12(3)24-22-16/h6-9,11H,4-5H2,1-3H3,(H,20,22)(H,21,23)/b15-11-. The Morgan fingerprint density at radius 1 is 1.33 bits per heavy atom. The summed E-state index contributed by atoms with van der Waals surface area (Å²) in [4.78, 5) is 12.4. The van der Waals surface area contributed by atoms with Crippen LogP contribution in [-0.2, 0) is 17.6 Å². The van der Waals surface area contributed by atoms with Crippen molar-refractivity contribution >= 4 is 17.4 Å². The summed E-state index contributed by atoms with van der Waals surface area (Å²) >= 11 is 0. The van der Waals surface area contributed by atoms with E-state index in [2.05, 4.69) is 15.8 Å². The van der Waals surface area contributed by atoms with Crippen molar-refractivity contribution in [3.05, 3.63) is 52.9 Å². The van der Waals surface area contributed by atoms with Gasteiger partial charge in [-0.05, 0) is 30.9 Å². The number of hydrogen-bond donors (Lipinski definition) is 2. The van der Waals surface area contributed by atoms with Crippen molar-refractivity contribution in [2.75, 3.05) is 10.6 Å². The lowest BCUT2D eigenvalue weighted by molar-refractivity contribution is -0.112. The number of hydrogen-bond acceptors (Lipinski definition) is 5. The molecule has 1 aromatic carbocycles. The Bertz CT molecular complexity index is 777. The zero-order valence-electron chi connectivity index (χ0n) is 14.0. The van der Waals surface area contributed by atoms with Crippen molar-refractivity contribution in [3.63, 3.8) is 0 Å². The third-order valence-corrected chi connectivity index (χ3v) is 3.59. The van der Waals surface area contributed by atoms with E-state index in [1.165, 1.54) is 6.20 Å². The number of benzene rings is 1. The number of carbonyl (C=O) groups excluding carboxylic acids is 1. The quantitative estimate of drug-likeness (QED) is 0.626. The summed E-state index contributed by atoms with van der Waals surface area (Å²) in [7, 11) is 0. The predicted molar refractivity (Wildman–Crippen MR) is 92.4 cm³/mol. The molecule has 6 heteroatoms. The molecule has 2 rings (SSSR count). The van der Waals surface area contributed by atoms with Crippen LogP contribution in [0.25, 0.3) is 0 Å². The number of aryl methyl sites for hydroxylation is 3. The molecule has 0 radical (unpaired) electrons. The van der Waals surface area contributed by atoms with Gasteiger partial charge in [-0.3, -0.25) is 4.79 Å². The molecule has 0 saturated heterocycles. The van der Waals surface area contributed by atoms with E-state index in [0.717, 1.165) is 29.7 Å². The van der Waals surface area contributed by atoms with E-state index < -0.39 is 5.91 Å². The van der Waals surface area contributed by atoms with Crippen LogP contribution >= 0.6 is 0 Å². The molecule has 0 bridgehead atoms. The lowest BCUT2D eigenvalue weighted by atomic mass is 10.0. The molecule has 0 aliphatic rings. The molecular formula is C18H20N4O2. The van der Waals surface area contributed by atoms with E-state index in [0.29, 0.717) is 11.6 Å². The van der Waals surface area contributed by atoms with Crippen LogP contribution in [0.4, 0.5) is 11.5 Å². The van der Waals surface area contributed by atoms with Gasteiger partial charge < -0.3 is 15.2 Å². The van der Waals surface area contributed by atoms with Gasteiger partial charge in [-0.1, -0.05) is 37.2 Å². The summed E-state index contributed by atoms with van der Waals surface area (Å²) in [5.74, 6) is 0.621. The maximum Gasteiger partial charge on any atom is 0.267 e. The second-order valence-corrected chi connectivity index (χ2v) is 5.25. The molecule has 1 aromatic heterocycles. The van der Waals surface area contributed by atoms with Gasteiger partial charge in [0.25, 0.3) is 5.91 Å².